The lowest BCUT2D eigenvalue weighted by Gasteiger charge is -2.25. The van der Waals surface area contributed by atoms with Crippen molar-refractivity contribution in [2.75, 3.05) is 0 Å². The highest BCUT2D eigenvalue weighted by Gasteiger charge is 2.32. The monoisotopic (exact) mass is 525 g/mol. The summed E-state index contributed by atoms with van der Waals surface area (Å²) in [5, 5.41) is 0. The number of nitrogens with two attached hydrogens (primary N) is 1. The first kappa shape index (κ1) is 27.9. The number of hydrogen-bond acceptors (Lipinski definition) is 8. The quantitative estimate of drug-likeness (QED) is 0.306. The summed E-state index contributed by atoms with van der Waals surface area (Å²) in [6.07, 6.45) is -0.219. The van der Waals surface area contributed by atoms with Gasteiger partial charge in [-0.05, 0) is 56.2 Å². The zero-order chi connectivity index (χ0) is 27.1. The zero-order valence-corrected chi connectivity index (χ0v) is 21.8. The van der Waals surface area contributed by atoms with E-state index in [4.69, 9.17) is 19.4 Å². The highest BCUT2D eigenvalue weighted by Crippen LogP contribution is 2.27. The van der Waals surface area contributed by atoms with Gasteiger partial charge in [0.25, 0.3) is 0 Å². The number of carbonyl (C=O) groups is 2. The van der Waals surface area contributed by atoms with Crippen LogP contribution in [-0.4, -0.2) is 32.0 Å². The van der Waals surface area contributed by atoms with Crippen molar-refractivity contribution in [3.05, 3.63) is 96.1 Å². The number of ether oxygens (including phenoxy) is 2. The summed E-state index contributed by atoms with van der Waals surface area (Å²) < 4.78 is 41.1. The molecule has 196 valence electrons. The van der Waals surface area contributed by atoms with Crippen LogP contribution in [0.2, 0.25) is 0 Å². The van der Waals surface area contributed by atoms with Crippen LogP contribution < -0.4 is 9.92 Å². The summed E-state index contributed by atoms with van der Waals surface area (Å²) >= 11 is 0. The predicted molar refractivity (Wildman–Crippen MR) is 138 cm³/mol. The lowest BCUT2D eigenvalue weighted by molar-refractivity contribution is -0.155. The molecule has 0 radical (unpaired) electrons. The van der Waals surface area contributed by atoms with Crippen molar-refractivity contribution in [2.24, 2.45) is 5.73 Å². The molecular weight excluding hydrogens is 494 g/mol. The van der Waals surface area contributed by atoms with E-state index in [1.807, 2.05) is 30.3 Å². The van der Waals surface area contributed by atoms with Gasteiger partial charge < -0.3 is 19.4 Å². The van der Waals surface area contributed by atoms with Crippen molar-refractivity contribution in [3.8, 4) is 5.75 Å². The van der Waals surface area contributed by atoms with E-state index in [1.165, 1.54) is 36.4 Å². The van der Waals surface area contributed by atoms with Crippen molar-refractivity contribution < 1.29 is 31.7 Å². The highest BCUT2D eigenvalue weighted by atomic mass is 32.2. The van der Waals surface area contributed by atoms with E-state index in [-0.39, 0.29) is 23.7 Å². The van der Waals surface area contributed by atoms with E-state index in [2.05, 4.69) is 0 Å². The second-order valence-electron chi connectivity index (χ2n) is 9.44. The van der Waals surface area contributed by atoms with Crippen LogP contribution in [0.15, 0.2) is 89.8 Å². The van der Waals surface area contributed by atoms with Gasteiger partial charge in [0.05, 0.1) is 12.3 Å². The third-order valence-corrected chi connectivity index (χ3v) is 6.47. The molecule has 0 bridgehead atoms. The van der Waals surface area contributed by atoms with Crippen LogP contribution in [-0.2, 0) is 35.8 Å². The van der Waals surface area contributed by atoms with Crippen LogP contribution in [0.4, 0.5) is 0 Å². The van der Waals surface area contributed by atoms with Gasteiger partial charge in [-0.3, -0.25) is 9.59 Å². The van der Waals surface area contributed by atoms with Crippen molar-refractivity contribution in [2.45, 2.75) is 56.3 Å². The molecule has 0 aromatic heterocycles. The van der Waals surface area contributed by atoms with Gasteiger partial charge in [0.2, 0.25) is 0 Å². The first-order valence-electron chi connectivity index (χ1n) is 11.7. The first-order chi connectivity index (χ1) is 17.4. The van der Waals surface area contributed by atoms with Crippen LogP contribution in [0.3, 0.4) is 0 Å². The standard InChI is InChI=1S/C28H31NO7S/c1-28(2,3)35-25(30)18-24(29)26(27(31)34-19-20-10-6-4-7-11-20)21-14-16-22(17-15-21)36-37(32,33)23-12-8-5-9-13-23/h4-17,24,26H,18-19,29H2,1-3H3. The molecule has 0 amide bonds. The Hall–Kier alpha value is -3.69. The maximum absolute atomic E-state index is 13.1. The smallest absolute Gasteiger partial charge is 0.339 e. The van der Waals surface area contributed by atoms with Crippen LogP contribution in [0.5, 0.6) is 5.75 Å². The summed E-state index contributed by atoms with van der Waals surface area (Å²) in [5.41, 5.74) is 6.86. The Morgan fingerprint density at radius 3 is 2.00 bits per heavy atom. The van der Waals surface area contributed by atoms with E-state index in [0.29, 0.717) is 5.56 Å². The van der Waals surface area contributed by atoms with Crippen LogP contribution in [0.25, 0.3) is 0 Å². The summed E-state index contributed by atoms with van der Waals surface area (Å²) in [5.74, 6) is -2.11. The molecule has 9 heteroatoms. The van der Waals surface area contributed by atoms with Crippen molar-refractivity contribution >= 4 is 22.1 Å². The average Bonchev–Trinajstić information content (AvgIpc) is 2.84. The molecule has 3 rings (SSSR count). The van der Waals surface area contributed by atoms with E-state index in [1.54, 1.807) is 39.0 Å². The van der Waals surface area contributed by atoms with E-state index in [9.17, 15) is 18.0 Å². The maximum Gasteiger partial charge on any atom is 0.339 e. The van der Waals surface area contributed by atoms with Crippen LogP contribution in [0, 0.1) is 0 Å². The largest absolute Gasteiger partial charge is 0.460 e. The Morgan fingerprint density at radius 1 is 0.865 bits per heavy atom. The fourth-order valence-electron chi connectivity index (χ4n) is 3.56. The summed E-state index contributed by atoms with van der Waals surface area (Å²) in [4.78, 5) is 25.6. The Labute approximate surface area is 217 Å². The summed E-state index contributed by atoms with van der Waals surface area (Å²) in [6.45, 7) is 5.25. The second kappa shape index (κ2) is 12.0. The highest BCUT2D eigenvalue weighted by molar-refractivity contribution is 7.87. The average molecular weight is 526 g/mol. The third kappa shape index (κ3) is 8.44. The molecule has 0 saturated carbocycles. The van der Waals surface area contributed by atoms with E-state index in [0.717, 1.165) is 5.56 Å². The number of rotatable bonds is 10. The minimum atomic E-state index is -4.03. The SMILES string of the molecule is CC(C)(C)OC(=O)CC(N)C(C(=O)OCc1ccccc1)c1ccc(OS(=O)(=O)c2ccccc2)cc1. The topological polar surface area (TPSA) is 122 Å². The molecule has 0 fully saturated rings. The molecule has 3 aromatic rings. The number of hydrogen-bond donors (Lipinski definition) is 1. The fourth-order valence-corrected chi connectivity index (χ4v) is 4.51. The van der Waals surface area contributed by atoms with Crippen molar-refractivity contribution in [1.29, 1.82) is 0 Å². The molecular formula is C28H31NO7S. The second-order valence-corrected chi connectivity index (χ2v) is 11.0. The lowest BCUT2D eigenvalue weighted by Crippen LogP contribution is -2.38. The Morgan fingerprint density at radius 2 is 1.43 bits per heavy atom. The molecule has 0 saturated heterocycles. The van der Waals surface area contributed by atoms with Gasteiger partial charge in [-0.1, -0.05) is 60.7 Å². The van der Waals surface area contributed by atoms with Crippen LogP contribution in [0.1, 0.15) is 44.2 Å². The number of benzene rings is 3. The first-order valence-corrected chi connectivity index (χ1v) is 13.1. The van der Waals surface area contributed by atoms with E-state index < -0.39 is 39.6 Å². The Balaban J connectivity index is 1.80. The van der Waals surface area contributed by atoms with Gasteiger partial charge in [-0.15, -0.1) is 0 Å². The third-order valence-electron chi connectivity index (χ3n) is 5.21. The van der Waals surface area contributed by atoms with Gasteiger partial charge in [0.1, 0.15) is 22.9 Å². The van der Waals surface area contributed by atoms with Gasteiger partial charge in [-0.2, -0.15) is 8.42 Å². The van der Waals surface area contributed by atoms with E-state index >= 15 is 0 Å². The molecule has 0 aliphatic carbocycles. The number of carbonyl (C=O) groups excluding carboxylic acids is 2. The van der Waals surface area contributed by atoms with Crippen molar-refractivity contribution in [1.82, 2.24) is 0 Å². The molecule has 0 spiro atoms. The molecule has 2 atom stereocenters. The summed E-state index contributed by atoms with van der Waals surface area (Å²) in [7, 11) is -4.03. The molecule has 8 nitrogen and oxygen atoms in total. The molecule has 37 heavy (non-hydrogen) atoms. The summed E-state index contributed by atoms with van der Waals surface area (Å²) in [6, 6.07) is 21.9. The van der Waals surface area contributed by atoms with Crippen LogP contribution >= 0.6 is 0 Å². The molecule has 3 aromatic carbocycles. The normalized spacial score (nSPS) is 13.3. The Kier molecular flexibility index (Phi) is 9.07. The van der Waals surface area contributed by atoms with Gasteiger partial charge in [0, 0.05) is 6.04 Å². The molecule has 0 heterocycles. The maximum atomic E-state index is 13.1. The fraction of sp³-hybridized carbons (Fsp3) is 0.286. The minimum absolute atomic E-state index is 0.0147. The van der Waals surface area contributed by atoms with Gasteiger partial charge >= 0.3 is 22.1 Å². The van der Waals surface area contributed by atoms with Gasteiger partial charge in [-0.25, -0.2) is 0 Å². The Bertz CT molecular complexity index is 1290. The minimum Gasteiger partial charge on any atom is -0.460 e. The molecule has 0 aliphatic heterocycles. The van der Waals surface area contributed by atoms with Crippen molar-refractivity contribution in [3.63, 3.8) is 0 Å². The molecule has 0 aliphatic rings. The number of esters is 2. The predicted octanol–water partition coefficient (Wildman–Crippen LogP) is 4.34. The molecule has 2 N–H and O–H groups in total. The molecule has 2 unspecified atom stereocenters. The lowest BCUT2D eigenvalue weighted by atomic mass is 9.90. The van der Waals surface area contributed by atoms with Gasteiger partial charge in [0.15, 0.2) is 0 Å². The zero-order valence-electron chi connectivity index (χ0n) is 21.0.